The zero-order valence-corrected chi connectivity index (χ0v) is 21.2. The Labute approximate surface area is 208 Å². The van der Waals surface area contributed by atoms with Crippen molar-refractivity contribution in [3.63, 3.8) is 0 Å². The van der Waals surface area contributed by atoms with Crippen molar-refractivity contribution in [3.05, 3.63) is 76.9 Å². The van der Waals surface area contributed by atoms with E-state index < -0.39 is 9.84 Å². The number of fused-ring (bicyclic) bond motifs is 3. The van der Waals surface area contributed by atoms with Crippen LogP contribution in [-0.4, -0.2) is 33.6 Å². The van der Waals surface area contributed by atoms with Gasteiger partial charge in [-0.25, -0.2) is 8.42 Å². The molecule has 1 heterocycles. The van der Waals surface area contributed by atoms with Gasteiger partial charge >= 0.3 is 0 Å². The third-order valence-corrected chi connectivity index (χ3v) is 7.63. The summed E-state index contributed by atoms with van der Waals surface area (Å²) in [5.74, 6) is 3.41. The van der Waals surface area contributed by atoms with Crippen LogP contribution < -0.4 is 14.2 Å². The van der Waals surface area contributed by atoms with Crippen molar-refractivity contribution >= 4 is 9.84 Å². The molecule has 184 valence electrons. The summed E-state index contributed by atoms with van der Waals surface area (Å²) >= 11 is 0. The van der Waals surface area contributed by atoms with E-state index in [9.17, 15) is 8.42 Å². The summed E-state index contributed by atoms with van der Waals surface area (Å²) < 4.78 is 40.8. The van der Waals surface area contributed by atoms with E-state index in [1.54, 1.807) is 0 Å². The van der Waals surface area contributed by atoms with Crippen LogP contribution in [0.4, 0.5) is 0 Å². The Balaban J connectivity index is 1.32. The quantitative estimate of drug-likeness (QED) is 0.350. The molecule has 0 unspecified atom stereocenters. The largest absolute Gasteiger partial charge is 0.494 e. The van der Waals surface area contributed by atoms with Crippen LogP contribution in [0.5, 0.6) is 17.2 Å². The van der Waals surface area contributed by atoms with E-state index in [2.05, 4.69) is 49.4 Å². The molecule has 1 aliphatic heterocycles. The number of benzene rings is 3. The zero-order chi connectivity index (χ0) is 24.4. The molecule has 0 radical (unpaired) electrons. The Bertz CT molecular complexity index is 1310. The van der Waals surface area contributed by atoms with E-state index in [0.717, 1.165) is 46.3 Å². The fourth-order valence-electron chi connectivity index (χ4n) is 4.68. The molecule has 5 rings (SSSR count). The van der Waals surface area contributed by atoms with Gasteiger partial charge in [-0.1, -0.05) is 18.2 Å². The number of sulfone groups is 1. The highest BCUT2D eigenvalue weighted by Gasteiger charge is 2.23. The maximum Gasteiger partial charge on any atom is 0.147 e. The third kappa shape index (κ3) is 5.99. The minimum atomic E-state index is -2.98. The predicted octanol–water partition coefficient (Wildman–Crippen LogP) is 5.87. The van der Waals surface area contributed by atoms with Crippen molar-refractivity contribution in [1.82, 2.24) is 0 Å². The van der Waals surface area contributed by atoms with E-state index in [0.29, 0.717) is 26.2 Å². The maximum atomic E-state index is 11.4. The van der Waals surface area contributed by atoms with Crippen molar-refractivity contribution in [1.29, 1.82) is 0 Å². The second-order valence-corrected chi connectivity index (χ2v) is 11.9. The molecule has 5 nitrogen and oxygen atoms in total. The molecule has 0 atom stereocenters. The molecule has 3 aromatic rings. The molecule has 2 aliphatic rings. The van der Waals surface area contributed by atoms with Crippen LogP contribution >= 0.6 is 0 Å². The first-order chi connectivity index (χ1) is 16.9. The van der Waals surface area contributed by atoms with Gasteiger partial charge in [0.15, 0.2) is 0 Å². The molecule has 0 N–H and O–H groups in total. The van der Waals surface area contributed by atoms with E-state index >= 15 is 0 Å². The van der Waals surface area contributed by atoms with Gasteiger partial charge in [-0.15, -0.1) is 0 Å². The number of ether oxygens (including phenoxy) is 3. The monoisotopic (exact) mass is 492 g/mol. The highest BCUT2D eigenvalue weighted by molar-refractivity contribution is 7.90. The molecule has 1 saturated carbocycles. The lowest BCUT2D eigenvalue weighted by atomic mass is 9.92. The van der Waals surface area contributed by atoms with Gasteiger partial charge in [0.05, 0.1) is 19.0 Å². The van der Waals surface area contributed by atoms with Gasteiger partial charge in [0, 0.05) is 18.2 Å². The molecule has 1 fully saturated rings. The first-order valence-electron chi connectivity index (χ1n) is 12.3. The molecule has 1 aliphatic carbocycles. The molecule has 35 heavy (non-hydrogen) atoms. The zero-order valence-electron chi connectivity index (χ0n) is 20.4. The smallest absolute Gasteiger partial charge is 0.147 e. The summed E-state index contributed by atoms with van der Waals surface area (Å²) in [6.07, 6.45) is 5.11. The molecule has 0 saturated heterocycles. The first-order valence-corrected chi connectivity index (χ1v) is 14.3. The van der Waals surface area contributed by atoms with Crippen LogP contribution in [0.2, 0.25) is 0 Å². The predicted molar refractivity (Wildman–Crippen MR) is 138 cm³/mol. The SMILES string of the molecule is Cc1cc(OCCCS(C)(=O)=O)cc2c1-c1cc(COc3ccc(C4CC4)cc3)ccc1OCC2. The molecular formula is C29H32O5S. The summed E-state index contributed by atoms with van der Waals surface area (Å²) in [4.78, 5) is 0. The van der Waals surface area contributed by atoms with E-state index in [1.165, 1.54) is 35.8 Å². The fraction of sp³-hybridized carbons (Fsp3) is 0.379. The number of hydrogen-bond acceptors (Lipinski definition) is 5. The maximum absolute atomic E-state index is 11.4. The van der Waals surface area contributed by atoms with Crippen LogP contribution in [0.1, 0.15) is 47.4 Å². The van der Waals surface area contributed by atoms with Crippen LogP contribution in [-0.2, 0) is 22.9 Å². The Morgan fingerprint density at radius 3 is 2.51 bits per heavy atom. The van der Waals surface area contributed by atoms with Crippen molar-refractivity contribution < 1.29 is 22.6 Å². The standard InChI is InChI=1S/C29H32O5S/c1-20-16-26(32-13-3-15-35(2,30)31)18-24-12-14-33-28-11-4-21(17-27(28)29(20)24)19-34-25-9-7-23(8-10-25)22-5-6-22/h4,7-11,16-18,22H,3,5-6,12-15,19H2,1-2H3. The van der Waals surface area contributed by atoms with Gasteiger partial charge in [0.1, 0.15) is 33.7 Å². The number of aryl methyl sites for hydroxylation is 1. The Hall–Kier alpha value is -2.99. The van der Waals surface area contributed by atoms with Crippen LogP contribution in [0, 0.1) is 6.92 Å². The normalized spacial score (nSPS) is 14.9. The number of rotatable bonds is 9. The van der Waals surface area contributed by atoms with Gasteiger partial charge in [0.25, 0.3) is 0 Å². The molecule has 0 spiro atoms. The second-order valence-electron chi connectivity index (χ2n) is 9.67. The average Bonchev–Trinajstić information content (AvgIpc) is 3.67. The lowest BCUT2D eigenvalue weighted by Gasteiger charge is -2.16. The average molecular weight is 493 g/mol. The molecule has 6 heteroatoms. The van der Waals surface area contributed by atoms with Crippen molar-refractivity contribution in [2.75, 3.05) is 25.2 Å². The molecular weight excluding hydrogens is 460 g/mol. The summed E-state index contributed by atoms with van der Waals surface area (Å²) in [5.41, 5.74) is 7.04. The lowest BCUT2D eigenvalue weighted by Crippen LogP contribution is -2.08. The Morgan fingerprint density at radius 2 is 1.77 bits per heavy atom. The minimum Gasteiger partial charge on any atom is -0.494 e. The van der Waals surface area contributed by atoms with E-state index in [1.807, 2.05) is 12.1 Å². The van der Waals surface area contributed by atoms with Gasteiger partial charge < -0.3 is 14.2 Å². The Morgan fingerprint density at radius 1 is 0.971 bits per heavy atom. The van der Waals surface area contributed by atoms with Crippen molar-refractivity contribution in [2.45, 2.75) is 45.1 Å². The molecule has 3 aromatic carbocycles. The van der Waals surface area contributed by atoms with Gasteiger partial charge in [0.2, 0.25) is 0 Å². The Kier molecular flexibility index (Phi) is 6.74. The van der Waals surface area contributed by atoms with E-state index in [4.69, 9.17) is 14.2 Å². The number of hydrogen-bond donors (Lipinski definition) is 0. The van der Waals surface area contributed by atoms with Crippen LogP contribution in [0.3, 0.4) is 0 Å². The van der Waals surface area contributed by atoms with Crippen molar-refractivity contribution in [2.24, 2.45) is 0 Å². The van der Waals surface area contributed by atoms with Gasteiger partial charge in [-0.05, 0) is 96.3 Å². The summed E-state index contributed by atoms with van der Waals surface area (Å²) in [6, 6.07) is 18.8. The summed E-state index contributed by atoms with van der Waals surface area (Å²) in [6.45, 7) is 3.55. The van der Waals surface area contributed by atoms with Crippen molar-refractivity contribution in [3.8, 4) is 28.4 Å². The van der Waals surface area contributed by atoms with Gasteiger partial charge in [-0.2, -0.15) is 0 Å². The summed E-state index contributed by atoms with van der Waals surface area (Å²) in [5, 5.41) is 0. The highest BCUT2D eigenvalue weighted by atomic mass is 32.2. The van der Waals surface area contributed by atoms with Crippen LogP contribution in [0.15, 0.2) is 54.6 Å². The summed E-state index contributed by atoms with van der Waals surface area (Å²) in [7, 11) is -2.98. The minimum absolute atomic E-state index is 0.133. The lowest BCUT2D eigenvalue weighted by molar-refractivity contribution is 0.305. The van der Waals surface area contributed by atoms with Crippen LogP contribution in [0.25, 0.3) is 11.1 Å². The highest BCUT2D eigenvalue weighted by Crippen LogP contribution is 2.41. The third-order valence-electron chi connectivity index (χ3n) is 6.60. The van der Waals surface area contributed by atoms with E-state index in [-0.39, 0.29) is 5.75 Å². The first kappa shape index (κ1) is 23.7. The fourth-order valence-corrected chi connectivity index (χ4v) is 5.32. The second kappa shape index (κ2) is 9.94. The van der Waals surface area contributed by atoms with Gasteiger partial charge in [-0.3, -0.25) is 0 Å². The molecule has 0 amide bonds. The topological polar surface area (TPSA) is 61.8 Å². The molecule has 0 aromatic heterocycles. The molecule has 0 bridgehead atoms.